The van der Waals surface area contributed by atoms with Crippen LogP contribution >= 0.6 is 45.8 Å². The van der Waals surface area contributed by atoms with Gasteiger partial charge in [0.25, 0.3) is 0 Å². The first-order valence-electron chi connectivity index (χ1n) is 5.96. The Balaban J connectivity index is 2.16. The molecule has 0 heterocycles. The highest BCUT2D eigenvalue weighted by molar-refractivity contribution is 14.1. The van der Waals surface area contributed by atoms with Crippen LogP contribution in [0, 0.1) is 3.57 Å². The maximum absolute atomic E-state index is 12.1. The Morgan fingerprint density at radius 1 is 1.05 bits per heavy atom. The molecule has 0 saturated heterocycles. The molecule has 2 aromatic rings. The third-order valence-corrected chi connectivity index (χ3v) is 5.28. The van der Waals surface area contributed by atoms with Gasteiger partial charge in [0.2, 0.25) is 0 Å². The van der Waals surface area contributed by atoms with E-state index >= 15 is 0 Å². The quantitative estimate of drug-likeness (QED) is 0.598. The van der Waals surface area contributed by atoms with Gasteiger partial charge in [-0.25, -0.2) is 8.42 Å². The van der Waals surface area contributed by atoms with Gasteiger partial charge in [-0.15, -0.1) is 0 Å². The average molecular weight is 453 g/mol. The second kappa shape index (κ2) is 7.13. The minimum atomic E-state index is -3.39. The molecule has 0 atom stereocenters. The van der Waals surface area contributed by atoms with Gasteiger partial charge in [-0.3, -0.25) is 0 Å². The molecule has 2 rings (SSSR count). The van der Waals surface area contributed by atoms with Crippen molar-refractivity contribution in [3.05, 3.63) is 72.6 Å². The van der Waals surface area contributed by atoms with Gasteiger partial charge in [0.05, 0.1) is 5.75 Å². The standard InChI is InChI=1S/C15H11Cl2IO2S/c16-13-4-3-12(15(17)9-13)10-21(19,20)8-7-11-1-5-14(18)6-2-11/h1-9H,10H2. The fourth-order valence-electron chi connectivity index (χ4n) is 1.66. The zero-order valence-electron chi connectivity index (χ0n) is 10.8. The molecule has 0 radical (unpaired) electrons. The summed E-state index contributed by atoms with van der Waals surface area (Å²) in [6.07, 6.45) is 1.58. The lowest BCUT2D eigenvalue weighted by Gasteiger charge is -2.03. The second-order valence-electron chi connectivity index (χ2n) is 4.40. The molecule has 0 aliphatic carbocycles. The molecular formula is C15H11Cl2IO2S. The van der Waals surface area contributed by atoms with E-state index in [1.807, 2.05) is 24.3 Å². The Kier molecular flexibility index (Phi) is 5.71. The van der Waals surface area contributed by atoms with Gasteiger partial charge in [-0.2, -0.15) is 0 Å². The van der Waals surface area contributed by atoms with Crippen LogP contribution in [0.15, 0.2) is 47.9 Å². The average Bonchev–Trinajstić information content (AvgIpc) is 2.41. The highest BCUT2D eigenvalue weighted by Gasteiger charge is 2.11. The number of hydrogen-bond acceptors (Lipinski definition) is 2. The molecule has 0 N–H and O–H groups in total. The van der Waals surface area contributed by atoms with Gasteiger partial charge < -0.3 is 0 Å². The summed E-state index contributed by atoms with van der Waals surface area (Å²) in [5.41, 5.74) is 1.37. The molecule has 0 spiro atoms. The smallest absolute Gasteiger partial charge is 0.175 e. The van der Waals surface area contributed by atoms with Crippen molar-refractivity contribution in [2.24, 2.45) is 0 Å². The van der Waals surface area contributed by atoms with E-state index in [4.69, 9.17) is 23.2 Å². The number of benzene rings is 2. The van der Waals surface area contributed by atoms with Gasteiger partial charge in [0.15, 0.2) is 9.84 Å². The van der Waals surface area contributed by atoms with Gasteiger partial charge in [-0.1, -0.05) is 41.4 Å². The van der Waals surface area contributed by atoms with Gasteiger partial charge in [0, 0.05) is 19.0 Å². The molecular weight excluding hydrogens is 442 g/mol. The summed E-state index contributed by atoms with van der Waals surface area (Å²) in [4.78, 5) is 0. The fourth-order valence-corrected chi connectivity index (χ4v) is 3.72. The lowest BCUT2D eigenvalue weighted by Crippen LogP contribution is -2.00. The normalized spacial score (nSPS) is 12.0. The van der Waals surface area contributed by atoms with E-state index in [2.05, 4.69) is 22.6 Å². The van der Waals surface area contributed by atoms with Crippen molar-refractivity contribution >= 4 is 61.7 Å². The molecule has 0 saturated carbocycles. The summed E-state index contributed by atoms with van der Waals surface area (Å²) in [7, 11) is -3.39. The maximum atomic E-state index is 12.1. The fraction of sp³-hybridized carbons (Fsp3) is 0.0667. The van der Waals surface area contributed by atoms with Crippen LogP contribution in [-0.2, 0) is 15.6 Å². The van der Waals surface area contributed by atoms with Crippen LogP contribution in [0.1, 0.15) is 11.1 Å². The molecule has 0 aliphatic rings. The van der Waals surface area contributed by atoms with Crippen LogP contribution in [0.5, 0.6) is 0 Å². The summed E-state index contributed by atoms with van der Waals surface area (Å²) < 4.78 is 25.3. The maximum Gasteiger partial charge on any atom is 0.175 e. The lowest BCUT2D eigenvalue weighted by atomic mass is 10.2. The van der Waals surface area contributed by atoms with Crippen molar-refractivity contribution in [3.8, 4) is 0 Å². The Labute approximate surface area is 147 Å². The molecule has 0 aromatic heterocycles. The molecule has 0 bridgehead atoms. The molecule has 21 heavy (non-hydrogen) atoms. The Morgan fingerprint density at radius 2 is 1.71 bits per heavy atom. The first kappa shape index (κ1) is 16.8. The van der Waals surface area contributed by atoms with Gasteiger partial charge in [-0.05, 0) is 64.1 Å². The molecule has 6 heteroatoms. The van der Waals surface area contributed by atoms with Gasteiger partial charge >= 0.3 is 0 Å². The number of halogens is 3. The summed E-state index contributed by atoms with van der Waals surface area (Å²) >= 11 is 14.0. The molecule has 110 valence electrons. The largest absolute Gasteiger partial charge is 0.224 e. The van der Waals surface area contributed by atoms with Crippen LogP contribution < -0.4 is 0 Å². The predicted octanol–water partition coefficient (Wildman–Crippen LogP) is 5.18. The van der Waals surface area contributed by atoms with Crippen molar-refractivity contribution in [2.45, 2.75) is 5.75 Å². The van der Waals surface area contributed by atoms with Crippen LogP contribution in [0.25, 0.3) is 6.08 Å². The summed E-state index contributed by atoms with van der Waals surface area (Å²) in [5, 5.41) is 2.05. The van der Waals surface area contributed by atoms with E-state index in [-0.39, 0.29) is 5.75 Å². The minimum absolute atomic E-state index is 0.149. The number of rotatable bonds is 4. The van der Waals surface area contributed by atoms with Crippen LogP contribution in [0.4, 0.5) is 0 Å². The predicted molar refractivity (Wildman–Crippen MR) is 97.3 cm³/mol. The molecule has 0 aliphatic heterocycles. The molecule has 2 aromatic carbocycles. The van der Waals surface area contributed by atoms with Crippen LogP contribution in [-0.4, -0.2) is 8.42 Å². The second-order valence-corrected chi connectivity index (χ2v) is 8.37. The van der Waals surface area contributed by atoms with Crippen molar-refractivity contribution < 1.29 is 8.42 Å². The van der Waals surface area contributed by atoms with Crippen LogP contribution in [0.2, 0.25) is 10.0 Å². The summed E-state index contributed by atoms with van der Waals surface area (Å²) in [6.45, 7) is 0. The van der Waals surface area contributed by atoms with E-state index in [1.54, 1.807) is 18.2 Å². The molecule has 0 fully saturated rings. The summed E-state index contributed by atoms with van der Waals surface area (Å²) in [5.74, 6) is -0.149. The van der Waals surface area contributed by atoms with E-state index in [1.165, 1.54) is 11.5 Å². The zero-order chi connectivity index (χ0) is 15.5. The van der Waals surface area contributed by atoms with Crippen molar-refractivity contribution in [2.75, 3.05) is 0 Å². The molecule has 2 nitrogen and oxygen atoms in total. The van der Waals surface area contributed by atoms with Crippen molar-refractivity contribution in [1.82, 2.24) is 0 Å². The number of sulfone groups is 1. The number of hydrogen-bond donors (Lipinski definition) is 0. The third kappa shape index (κ3) is 5.29. The van der Waals surface area contributed by atoms with Crippen molar-refractivity contribution in [1.29, 1.82) is 0 Å². The monoisotopic (exact) mass is 452 g/mol. The Hall–Kier alpha value is -0.560. The van der Waals surface area contributed by atoms with E-state index < -0.39 is 9.84 Å². The summed E-state index contributed by atoms with van der Waals surface area (Å²) in [6, 6.07) is 12.4. The Bertz CT molecular complexity index is 769. The molecule has 0 amide bonds. The lowest BCUT2D eigenvalue weighted by molar-refractivity contribution is 0.604. The highest BCUT2D eigenvalue weighted by atomic mass is 127. The highest BCUT2D eigenvalue weighted by Crippen LogP contribution is 2.23. The third-order valence-electron chi connectivity index (χ3n) is 2.71. The van der Waals surface area contributed by atoms with Crippen molar-refractivity contribution in [3.63, 3.8) is 0 Å². The SMILES string of the molecule is O=S(=O)(C=Cc1ccc(I)cc1)Cc1ccc(Cl)cc1Cl. The molecule has 0 unspecified atom stereocenters. The first-order valence-corrected chi connectivity index (χ1v) is 9.51. The minimum Gasteiger partial charge on any atom is -0.224 e. The Morgan fingerprint density at radius 3 is 2.33 bits per heavy atom. The topological polar surface area (TPSA) is 34.1 Å². The van der Waals surface area contributed by atoms with Gasteiger partial charge in [0.1, 0.15) is 0 Å². The zero-order valence-corrected chi connectivity index (χ0v) is 15.2. The first-order chi connectivity index (χ1) is 9.85. The van der Waals surface area contributed by atoms with Crippen LogP contribution in [0.3, 0.4) is 0 Å². The van der Waals surface area contributed by atoms with E-state index in [9.17, 15) is 8.42 Å². The van der Waals surface area contributed by atoms with E-state index in [0.717, 1.165) is 9.13 Å². The van der Waals surface area contributed by atoms with E-state index in [0.29, 0.717) is 15.6 Å².